The fourth-order valence-electron chi connectivity index (χ4n) is 2.03. The summed E-state index contributed by atoms with van der Waals surface area (Å²) in [5.74, 6) is 0.833. The summed E-state index contributed by atoms with van der Waals surface area (Å²) in [5.41, 5.74) is 0.512. The summed E-state index contributed by atoms with van der Waals surface area (Å²) >= 11 is 0. The van der Waals surface area contributed by atoms with Gasteiger partial charge in [0, 0.05) is 6.54 Å². The smallest absolute Gasteiger partial charge is 0.239 e. The molecule has 0 heterocycles. The number of fused-ring (bicyclic) bond motifs is 1. The van der Waals surface area contributed by atoms with Crippen molar-refractivity contribution in [1.29, 1.82) is 0 Å². The van der Waals surface area contributed by atoms with Crippen LogP contribution in [0.5, 0.6) is 5.75 Å². The standard InChI is InChI=1S/C17H22N2O2/c1-17(2,18-3)16(20)19-11-12-5-6-14-10-15(21-4)8-7-13(14)9-12/h5-10,18H,11H2,1-4H3,(H,19,20). The average Bonchev–Trinajstić information content (AvgIpc) is 2.51. The first-order chi connectivity index (χ1) is 9.96. The molecular formula is C17H22N2O2. The molecule has 0 aliphatic carbocycles. The summed E-state index contributed by atoms with van der Waals surface area (Å²) in [6, 6.07) is 12.1. The second kappa shape index (κ2) is 6.14. The number of methoxy groups -OCH3 is 1. The van der Waals surface area contributed by atoms with Crippen molar-refractivity contribution in [1.82, 2.24) is 10.6 Å². The molecule has 0 radical (unpaired) electrons. The van der Waals surface area contributed by atoms with Crippen molar-refractivity contribution in [3.8, 4) is 5.75 Å². The van der Waals surface area contributed by atoms with E-state index >= 15 is 0 Å². The maximum Gasteiger partial charge on any atom is 0.239 e. The van der Waals surface area contributed by atoms with Crippen LogP contribution in [0.3, 0.4) is 0 Å². The van der Waals surface area contributed by atoms with E-state index < -0.39 is 5.54 Å². The van der Waals surface area contributed by atoms with Gasteiger partial charge in [0.25, 0.3) is 0 Å². The Labute approximate surface area is 125 Å². The van der Waals surface area contributed by atoms with Crippen molar-refractivity contribution >= 4 is 16.7 Å². The van der Waals surface area contributed by atoms with Crippen LogP contribution in [-0.2, 0) is 11.3 Å². The van der Waals surface area contributed by atoms with Crippen molar-refractivity contribution in [2.45, 2.75) is 25.9 Å². The van der Waals surface area contributed by atoms with Crippen molar-refractivity contribution < 1.29 is 9.53 Å². The number of hydrogen-bond acceptors (Lipinski definition) is 3. The zero-order chi connectivity index (χ0) is 15.5. The van der Waals surface area contributed by atoms with Gasteiger partial charge in [0.05, 0.1) is 12.6 Å². The molecule has 0 spiro atoms. The first kappa shape index (κ1) is 15.3. The van der Waals surface area contributed by atoms with E-state index in [1.807, 2.05) is 44.2 Å². The molecule has 21 heavy (non-hydrogen) atoms. The van der Waals surface area contributed by atoms with E-state index in [2.05, 4.69) is 16.7 Å². The molecule has 4 heteroatoms. The highest BCUT2D eigenvalue weighted by Gasteiger charge is 2.24. The lowest BCUT2D eigenvalue weighted by atomic mass is 10.0. The molecule has 0 aliphatic heterocycles. The molecule has 0 atom stereocenters. The third-order valence-electron chi connectivity index (χ3n) is 3.76. The van der Waals surface area contributed by atoms with Gasteiger partial charge in [-0.15, -0.1) is 0 Å². The quantitative estimate of drug-likeness (QED) is 0.887. The summed E-state index contributed by atoms with van der Waals surface area (Å²) in [4.78, 5) is 12.0. The zero-order valence-electron chi connectivity index (χ0n) is 13.0. The molecule has 0 saturated carbocycles. The Balaban J connectivity index is 2.11. The van der Waals surface area contributed by atoms with Gasteiger partial charge in [-0.1, -0.05) is 18.2 Å². The molecule has 0 unspecified atom stereocenters. The fourth-order valence-corrected chi connectivity index (χ4v) is 2.03. The van der Waals surface area contributed by atoms with E-state index in [1.54, 1.807) is 14.2 Å². The number of carbonyl (C=O) groups is 1. The first-order valence-corrected chi connectivity index (χ1v) is 7.00. The number of nitrogens with one attached hydrogen (secondary N) is 2. The van der Waals surface area contributed by atoms with E-state index in [1.165, 1.54) is 0 Å². The number of hydrogen-bond donors (Lipinski definition) is 2. The molecule has 1 amide bonds. The fraction of sp³-hybridized carbons (Fsp3) is 0.353. The minimum Gasteiger partial charge on any atom is -0.497 e. The Hall–Kier alpha value is -2.07. The van der Waals surface area contributed by atoms with Crippen molar-refractivity contribution in [3.63, 3.8) is 0 Å². The van der Waals surface area contributed by atoms with E-state index in [0.717, 1.165) is 22.1 Å². The van der Waals surface area contributed by atoms with Gasteiger partial charge in [-0.25, -0.2) is 0 Å². The summed E-state index contributed by atoms with van der Waals surface area (Å²) < 4.78 is 5.22. The Morgan fingerprint density at radius 3 is 2.48 bits per heavy atom. The summed E-state index contributed by atoms with van der Waals surface area (Å²) in [6.07, 6.45) is 0. The molecule has 4 nitrogen and oxygen atoms in total. The molecule has 2 rings (SSSR count). The van der Waals surface area contributed by atoms with Gasteiger partial charge in [0.2, 0.25) is 5.91 Å². The van der Waals surface area contributed by atoms with E-state index in [4.69, 9.17) is 4.74 Å². The Bertz CT molecular complexity index is 650. The van der Waals surface area contributed by atoms with E-state index in [9.17, 15) is 4.79 Å². The molecule has 112 valence electrons. The van der Waals surface area contributed by atoms with Crippen LogP contribution in [0.25, 0.3) is 10.8 Å². The molecule has 0 aliphatic rings. The van der Waals surface area contributed by atoms with Crippen molar-refractivity contribution in [2.75, 3.05) is 14.2 Å². The lowest BCUT2D eigenvalue weighted by molar-refractivity contribution is -0.126. The molecule has 0 aromatic heterocycles. The maximum absolute atomic E-state index is 12.0. The predicted molar refractivity (Wildman–Crippen MR) is 85.5 cm³/mol. The van der Waals surface area contributed by atoms with E-state index in [-0.39, 0.29) is 5.91 Å². The van der Waals surface area contributed by atoms with Crippen LogP contribution in [0.4, 0.5) is 0 Å². The minimum absolute atomic E-state index is 0.0140. The highest BCUT2D eigenvalue weighted by Crippen LogP contribution is 2.21. The van der Waals surface area contributed by atoms with Crippen LogP contribution in [0.1, 0.15) is 19.4 Å². The van der Waals surface area contributed by atoms with Crippen LogP contribution >= 0.6 is 0 Å². The van der Waals surface area contributed by atoms with Gasteiger partial charge in [-0.3, -0.25) is 4.79 Å². The molecular weight excluding hydrogens is 264 g/mol. The summed E-state index contributed by atoms with van der Waals surface area (Å²) in [5, 5.41) is 8.20. The van der Waals surface area contributed by atoms with Crippen LogP contribution in [0.2, 0.25) is 0 Å². The van der Waals surface area contributed by atoms with Crippen LogP contribution in [-0.4, -0.2) is 25.6 Å². The van der Waals surface area contributed by atoms with Crippen LogP contribution < -0.4 is 15.4 Å². The van der Waals surface area contributed by atoms with Gasteiger partial charge in [-0.2, -0.15) is 0 Å². The van der Waals surface area contributed by atoms with Crippen molar-refractivity contribution in [2.24, 2.45) is 0 Å². The first-order valence-electron chi connectivity index (χ1n) is 7.00. The lowest BCUT2D eigenvalue weighted by Crippen LogP contribution is -2.50. The molecule has 2 aromatic carbocycles. The third kappa shape index (κ3) is 3.52. The molecule has 2 N–H and O–H groups in total. The normalized spacial score (nSPS) is 11.4. The number of ether oxygens (including phenoxy) is 1. The highest BCUT2D eigenvalue weighted by atomic mass is 16.5. The number of rotatable bonds is 5. The monoisotopic (exact) mass is 286 g/mol. The Kier molecular flexibility index (Phi) is 4.48. The third-order valence-corrected chi connectivity index (χ3v) is 3.76. The van der Waals surface area contributed by atoms with Crippen LogP contribution in [0.15, 0.2) is 36.4 Å². The van der Waals surface area contributed by atoms with Gasteiger partial charge < -0.3 is 15.4 Å². The highest BCUT2D eigenvalue weighted by molar-refractivity contribution is 5.86. The van der Waals surface area contributed by atoms with Crippen molar-refractivity contribution in [3.05, 3.63) is 42.0 Å². The van der Waals surface area contributed by atoms with E-state index in [0.29, 0.717) is 6.54 Å². The van der Waals surface area contributed by atoms with Gasteiger partial charge in [0.15, 0.2) is 0 Å². The molecule has 0 saturated heterocycles. The molecule has 2 aromatic rings. The number of amides is 1. The zero-order valence-corrected chi connectivity index (χ0v) is 13.0. The molecule has 0 fully saturated rings. The Morgan fingerprint density at radius 2 is 1.81 bits per heavy atom. The number of likely N-dealkylation sites (N-methyl/N-ethyl adjacent to an activating group) is 1. The summed E-state index contributed by atoms with van der Waals surface area (Å²) in [6.45, 7) is 4.23. The van der Waals surface area contributed by atoms with Crippen LogP contribution in [0, 0.1) is 0 Å². The second-order valence-corrected chi connectivity index (χ2v) is 5.61. The lowest BCUT2D eigenvalue weighted by Gasteiger charge is -2.22. The van der Waals surface area contributed by atoms with Gasteiger partial charge in [0.1, 0.15) is 5.75 Å². The second-order valence-electron chi connectivity index (χ2n) is 5.61. The predicted octanol–water partition coefficient (Wildman–Crippen LogP) is 2.46. The van der Waals surface area contributed by atoms with Gasteiger partial charge >= 0.3 is 0 Å². The SMILES string of the molecule is CNC(C)(C)C(=O)NCc1ccc2cc(OC)ccc2c1. The summed E-state index contributed by atoms with van der Waals surface area (Å²) in [7, 11) is 3.44. The molecule has 0 bridgehead atoms. The Morgan fingerprint density at radius 1 is 1.14 bits per heavy atom. The number of benzene rings is 2. The minimum atomic E-state index is -0.565. The number of carbonyl (C=O) groups excluding carboxylic acids is 1. The topological polar surface area (TPSA) is 50.4 Å². The average molecular weight is 286 g/mol. The van der Waals surface area contributed by atoms with Gasteiger partial charge in [-0.05, 0) is 55.4 Å². The maximum atomic E-state index is 12.0. The largest absolute Gasteiger partial charge is 0.497 e.